The van der Waals surface area contributed by atoms with E-state index in [2.05, 4.69) is 30.9 Å². The molecular weight excluding hydrogens is 380 g/mol. The van der Waals surface area contributed by atoms with E-state index in [1.807, 2.05) is 13.8 Å². The van der Waals surface area contributed by atoms with E-state index in [9.17, 15) is 4.79 Å². The highest BCUT2D eigenvalue weighted by Crippen LogP contribution is 2.44. The molecule has 4 atom stereocenters. The molecule has 2 aliphatic heterocycles. The van der Waals surface area contributed by atoms with Gasteiger partial charge in [-0.05, 0) is 47.9 Å². The van der Waals surface area contributed by atoms with Gasteiger partial charge in [0, 0.05) is 31.5 Å². The van der Waals surface area contributed by atoms with Crippen molar-refractivity contribution in [2.45, 2.75) is 65.1 Å². The van der Waals surface area contributed by atoms with Crippen LogP contribution in [0.25, 0.3) is 0 Å². The molecule has 6 nitrogen and oxygen atoms in total. The minimum Gasteiger partial charge on any atom is -0.493 e. The Morgan fingerprint density at radius 3 is 2.43 bits per heavy atom. The lowest BCUT2D eigenvalue weighted by molar-refractivity contribution is -0.160. The summed E-state index contributed by atoms with van der Waals surface area (Å²) in [7, 11) is 3.34. The van der Waals surface area contributed by atoms with E-state index in [1.165, 1.54) is 11.1 Å². The lowest BCUT2D eigenvalue weighted by Gasteiger charge is -2.47. The molecule has 2 aliphatic rings. The zero-order valence-electron chi connectivity index (χ0n) is 19.3. The molecule has 1 aromatic carbocycles. The molecule has 0 bridgehead atoms. The van der Waals surface area contributed by atoms with E-state index in [1.54, 1.807) is 14.2 Å². The summed E-state index contributed by atoms with van der Waals surface area (Å²) in [6, 6.07) is 3.84. The summed E-state index contributed by atoms with van der Waals surface area (Å²) in [4.78, 5) is 15.2. The fraction of sp³-hybridized carbons (Fsp3) is 0.708. The molecule has 0 amide bonds. The first kappa shape index (κ1) is 22.9. The van der Waals surface area contributed by atoms with Crippen molar-refractivity contribution in [3.63, 3.8) is 0 Å². The Hall–Kier alpha value is -1.79. The first-order chi connectivity index (χ1) is 14.2. The second-order valence-electron chi connectivity index (χ2n) is 9.54. The number of piperidine rings is 1. The van der Waals surface area contributed by atoms with Gasteiger partial charge in [0.25, 0.3) is 0 Å². The number of fused-ring (bicyclic) bond motifs is 3. The highest BCUT2D eigenvalue weighted by atomic mass is 16.5. The fourth-order valence-corrected chi connectivity index (χ4v) is 4.88. The molecule has 2 heterocycles. The van der Waals surface area contributed by atoms with Crippen molar-refractivity contribution in [2.24, 2.45) is 23.5 Å². The largest absolute Gasteiger partial charge is 0.493 e. The summed E-state index contributed by atoms with van der Waals surface area (Å²) in [5.74, 6) is 2.18. The van der Waals surface area contributed by atoms with Gasteiger partial charge in [0.1, 0.15) is 12.1 Å². The third kappa shape index (κ3) is 4.75. The molecule has 2 N–H and O–H groups in total. The molecule has 0 saturated carbocycles. The van der Waals surface area contributed by atoms with Crippen molar-refractivity contribution in [1.82, 2.24) is 4.90 Å². The maximum atomic E-state index is 12.7. The van der Waals surface area contributed by atoms with Crippen LogP contribution in [0.4, 0.5) is 0 Å². The lowest BCUT2D eigenvalue weighted by Crippen LogP contribution is -2.51. The Morgan fingerprint density at radius 1 is 1.17 bits per heavy atom. The SMILES string of the molecule is COc1cc2c(cc1OC)C1C[C@H](OC(=O)C(N)C(C)C)C(CC(C)C)CN1CC2. The van der Waals surface area contributed by atoms with Gasteiger partial charge in [-0.25, -0.2) is 0 Å². The number of hydrogen-bond acceptors (Lipinski definition) is 6. The van der Waals surface area contributed by atoms with Gasteiger partial charge in [-0.1, -0.05) is 27.7 Å². The molecule has 3 unspecified atom stereocenters. The zero-order chi connectivity index (χ0) is 22.0. The van der Waals surface area contributed by atoms with Crippen LogP contribution in [0.3, 0.4) is 0 Å². The number of hydrogen-bond donors (Lipinski definition) is 1. The molecule has 6 heteroatoms. The van der Waals surface area contributed by atoms with Gasteiger partial charge in [0.05, 0.1) is 14.2 Å². The summed E-state index contributed by atoms with van der Waals surface area (Å²) in [6.07, 6.45) is 2.70. The Labute approximate surface area is 181 Å². The maximum Gasteiger partial charge on any atom is 0.323 e. The highest BCUT2D eigenvalue weighted by Gasteiger charge is 2.41. The number of nitrogens with zero attached hydrogens (tertiary/aromatic N) is 1. The fourth-order valence-electron chi connectivity index (χ4n) is 4.88. The van der Waals surface area contributed by atoms with Crippen molar-refractivity contribution in [3.8, 4) is 11.5 Å². The molecule has 1 aromatic rings. The molecular formula is C24H38N2O4. The van der Waals surface area contributed by atoms with Crippen LogP contribution >= 0.6 is 0 Å². The van der Waals surface area contributed by atoms with E-state index < -0.39 is 6.04 Å². The average Bonchev–Trinajstić information content (AvgIpc) is 2.71. The number of carbonyl (C=O) groups excluding carboxylic acids is 1. The molecule has 0 aliphatic carbocycles. The number of methoxy groups -OCH3 is 2. The summed E-state index contributed by atoms with van der Waals surface area (Å²) < 4.78 is 17.1. The van der Waals surface area contributed by atoms with Gasteiger partial charge >= 0.3 is 5.97 Å². The van der Waals surface area contributed by atoms with Crippen LogP contribution in [0.5, 0.6) is 11.5 Å². The lowest BCUT2D eigenvalue weighted by atomic mass is 9.79. The van der Waals surface area contributed by atoms with E-state index in [0.717, 1.165) is 43.9 Å². The molecule has 1 saturated heterocycles. The van der Waals surface area contributed by atoms with Gasteiger partial charge in [0.2, 0.25) is 0 Å². The molecule has 3 rings (SSSR count). The number of carbonyl (C=O) groups is 1. The van der Waals surface area contributed by atoms with Gasteiger partial charge < -0.3 is 19.9 Å². The Kier molecular flexibility index (Phi) is 7.30. The molecule has 0 aromatic heterocycles. The van der Waals surface area contributed by atoms with Crippen molar-refractivity contribution in [1.29, 1.82) is 0 Å². The smallest absolute Gasteiger partial charge is 0.323 e. The van der Waals surface area contributed by atoms with Gasteiger partial charge in [-0.15, -0.1) is 0 Å². The predicted molar refractivity (Wildman–Crippen MR) is 118 cm³/mol. The van der Waals surface area contributed by atoms with Crippen LogP contribution in [-0.4, -0.2) is 50.3 Å². The van der Waals surface area contributed by atoms with Crippen molar-refractivity contribution in [2.75, 3.05) is 27.3 Å². The first-order valence-electron chi connectivity index (χ1n) is 11.2. The Morgan fingerprint density at radius 2 is 1.83 bits per heavy atom. The Bertz CT molecular complexity index is 749. The van der Waals surface area contributed by atoms with E-state index >= 15 is 0 Å². The minimum absolute atomic E-state index is 0.0632. The van der Waals surface area contributed by atoms with Crippen LogP contribution in [0.1, 0.15) is 57.7 Å². The second kappa shape index (κ2) is 9.56. The molecule has 1 fully saturated rings. The summed E-state index contributed by atoms with van der Waals surface area (Å²) in [6.45, 7) is 10.3. The first-order valence-corrected chi connectivity index (χ1v) is 11.2. The topological polar surface area (TPSA) is 74.0 Å². The highest BCUT2D eigenvalue weighted by molar-refractivity contribution is 5.76. The third-order valence-electron chi connectivity index (χ3n) is 6.60. The van der Waals surface area contributed by atoms with Crippen LogP contribution in [0, 0.1) is 17.8 Å². The number of esters is 1. The van der Waals surface area contributed by atoms with Gasteiger partial charge in [0.15, 0.2) is 11.5 Å². The van der Waals surface area contributed by atoms with Gasteiger partial charge in [-0.3, -0.25) is 9.69 Å². The van der Waals surface area contributed by atoms with Crippen LogP contribution in [-0.2, 0) is 16.0 Å². The standard InChI is InChI=1S/C24H38N2O4/c1-14(2)9-17-13-26-8-7-16-10-21(28-5)22(29-6)11-18(16)19(26)12-20(17)30-24(27)23(25)15(3)4/h10-11,14-15,17,19-20,23H,7-9,12-13,25H2,1-6H3/t17?,19?,20-,23?/m0/s1. The van der Waals surface area contributed by atoms with Crippen LogP contribution < -0.4 is 15.2 Å². The Balaban J connectivity index is 1.88. The quantitative estimate of drug-likeness (QED) is 0.683. The van der Waals surface area contributed by atoms with Gasteiger partial charge in [-0.2, -0.15) is 0 Å². The summed E-state index contributed by atoms with van der Waals surface area (Å²) >= 11 is 0. The second-order valence-corrected chi connectivity index (χ2v) is 9.54. The van der Waals surface area contributed by atoms with E-state index in [0.29, 0.717) is 11.8 Å². The summed E-state index contributed by atoms with van der Waals surface area (Å²) in [5.41, 5.74) is 8.64. The molecule has 0 spiro atoms. The van der Waals surface area contributed by atoms with Crippen molar-refractivity contribution < 1.29 is 19.0 Å². The average molecular weight is 419 g/mol. The number of ether oxygens (including phenoxy) is 3. The zero-order valence-corrected chi connectivity index (χ0v) is 19.3. The molecule has 168 valence electrons. The van der Waals surface area contributed by atoms with E-state index in [-0.39, 0.29) is 24.0 Å². The normalized spacial score (nSPS) is 24.9. The predicted octanol–water partition coefficient (Wildman–Crippen LogP) is 3.56. The van der Waals surface area contributed by atoms with Crippen molar-refractivity contribution >= 4 is 5.97 Å². The minimum atomic E-state index is -0.578. The maximum absolute atomic E-state index is 12.7. The number of nitrogens with two attached hydrogens (primary N) is 1. The number of rotatable bonds is 7. The van der Waals surface area contributed by atoms with E-state index in [4.69, 9.17) is 19.9 Å². The molecule has 0 radical (unpaired) electrons. The van der Waals surface area contributed by atoms with Crippen LogP contribution in [0.2, 0.25) is 0 Å². The number of benzene rings is 1. The summed E-state index contributed by atoms with van der Waals surface area (Å²) in [5, 5.41) is 0. The van der Waals surface area contributed by atoms with Crippen molar-refractivity contribution in [3.05, 3.63) is 23.3 Å². The third-order valence-corrected chi connectivity index (χ3v) is 6.60. The monoisotopic (exact) mass is 418 g/mol. The van der Waals surface area contributed by atoms with Crippen LogP contribution in [0.15, 0.2) is 12.1 Å². The molecule has 30 heavy (non-hydrogen) atoms.